The summed E-state index contributed by atoms with van der Waals surface area (Å²) in [6.45, 7) is 2.84. The number of ether oxygens (including phenoxy) is 2. The van der Waals surface area contributed by atoms with Gasteiger partial charge in [-0.2, -0.15) is 13.2 Å². The van der Waals surface area contributed by atoms with Gasteiger partial charge in [-0.25, -0.2) is 4.79 Å². The number of alkyl halides is 3. The number of anilines is 1. The second-order valence-electron chi connectivity index (χ2n) is 5.72. The fraction of sp³-hybridized carbons (Fsp3) is 0.263. The van der Waals surface area contributed by atoms with Gasteiger partial charge in [0.2, 0.25) is 0 Å². The molecule has 1 amide bonds. The lowest BCUT2D eigenvalue weighted by Crippen LogP contribution is -2.35. The van der Waals surface area contributed by atoms with Crippen LogP contribution in [0, 0.1) is 0 Å². The van der Waals surface area contributed by atoms with E-state index in [0.29, 0.717) is 5.75 Å². The van der Waals surface area contributed by atoms with Gasteiger partial charge in [0.1, 0.15) is 5.75 Å². The largest absolute Gasteiger partial charge is 0.479 e. The number of esters is 1. The molecule has 2 aromatic rings. The zero-order valence-corrected chi connectivity index (χ0v) is 14.6. The highest BCUT2D eigenvalue weighted by Gasteiger charge is 2.30. The predicted molar refractivity (Wildman–Crippen MR) is 92.2 cm³/mol. The fourth-order valence-corrected chi connectivity index (χ4v) is 2.06. The number of hydrogen-bond donors (Lipinski definition) is 1. The molecule has 27 heavy (non-hydrogen) atoms. The number of carbonyl (C=O) groups excluding carboxylic acids is 2. The third-order valence-electron chi connectivity index (χ3n) is 3.53. The maximum absolute atomic E-state index is 12.5. The number of hydrogen-bond acceptors (Lipinski definition) is 4. The van der Waals surface area contributed by atoms with Gasteiger partial charge in [0.25, 0.3) is 5.91 Å². The molecule has 144 valence electrons. The number of para-hydroxylation sites is 1. The second-order valence-corrected chi connectivity index (χ2v) is 5.72. The first-order valence-electron chi connectivity index (χ1n) is 8.07. The Morgan fingerprint density at radius 1 is 0.926 bits per heavy atom. The van der Waals surface area contributed by atoms with E-state index in [-0.39, 0.29) is 5.69 Å². The Morgan fingerprint density at radius 3 is 2.07 bits per heavy atom. The van der Waals surface area contributed by atoms with Gasteiger partial charge in [-0.15, -0.1) is 0 Å². The first kappa shape index (κ1) is 20.3. The minimum Gasteiger partial charge on any atom is -0.479 e. The van der Waals surface area contributed by atoms with Crippen LogP contribution in [0.2, 0.25) is 0 Å². The molecule has 0 aliphatic rings. The minimum atomic E-state index is -4.46. The average molecular weight is 381 g/mol. The van der Waals surface area contributed by atoms with E-state index in [4.69, 9.17) is 9.47 Å². The van der Waals surface area contributed by atoms with E-state index < -0.39 is 35.8 Å². The van der Waals surface area contributed by atoms with Gasteiger partial charge in [0, 0.05) is 5.69 Å². The molecule has 0 aromatic heterocycles. The highest BCUT2D eigenvalue weighted by molar-refractivity contribution is 5.95. The molecule has 0 unspecified atom stereocenters. The summed E-state index contributed by atoms with van der Waals surface area (Å²) in [6, 6.07) is 12.6. The molecule has 0 bridgehead atoms. The van der Waals surface area contributed by atoms with Crippen LogP contribution in [0.25, 0.3) is 0 Å². The summed E-state index contributed by atoms with van der Waals surface area (Å²) in [5, 5.41) is 2.39. The van der Waals surface area contributed by atoms with Crippen LogP contribution in [0.4, 0.5) is 18.9 Å². The molecule has 0 radical (unpaired) electrons. The van der Waals surface area contributed by atoms with Crippen LogP contribution in [0.1, 0.15) is 19.4 Å². The molecule has 0 aliphatic heterocycles. The van der Waals surface area contributed by atoms with E-state index in [1.807, 2.05) is 0 Å². The summed E-state index contributed by atoms with van der Waals surface area (Å²) < 4.78 is 48.0. The number of rotatable bonds is 6. The van der Waals surface area contributed by atoms with Gasteiger partial charge >= 0.3 is 12.1 Å². The van der Waals surface area contributed by atoms with Crippen LogP contribution in [-0.4, -0.2) is 24.1 Å². The molecule has 0 heterocycles. The topological polar surface area (TPSA) is 64.6 Å². The highest BCUT2D eigenvalue weighted by Crippen LogP contribution is 2.29. The van der Waals surface area contributed by atoms with Gasteiger partial charge in [-0.3, -0.25) is 4.79 Å². The Labute approximate surface area is 154 Å². The Balaban J connectivity index is 1.88. The molecule has 0 fully saturated rings. The van der Waals surface area contributed by atoms with Crippen LogP contribution >= 0.6 is 0 Å². The summed E-state index contributed by atoms with van der Waals surface area (Å²) in [6.07, 6.45) is -6.55. The summed E-state index contributed by atoms with van der Waals surface area (Å²) >= 11 is 0. The van der Waals surface area contributed by atoms with E-state index >= 15 is 0 Å². The van der Waals surface area contributed by atoms with E-state index in [1.54, 1.807) is 30.3 Å². The van der Waals surface area contributed by atoms with Crippen molar-refractivity contribution >= 4 is 17.6 Å². The Hall–Kier alpha value is -3.03. The van der Waals surface area contributed by atoms with Crippen LogP contribution < -0.4 is 10.1 Å². The zero-order valence-electron chi connectivity index (χ0n) is 14.6. The normalized spacial score (nSPS) is 13.4. The van der Waals surface area contributed by atoms with Crippen molar-refractivity contribution in [3.8, 4) is 5.75 Å². The van der Waals surface area contributed by atoms with E-state index in [9.17, 15) is 22.8 Å². The van der Waals surface area contributed by atoms with Gasteiger partial charge in [0.05, 0.1) is 5.56 Å². The smallest absolute Gasteiger partial charge is 0.416 e. The molecular weight excluding hydrogens is 363 g/mol. The predicted octanol–water partition coefficient (Wildman–Crippen LogP) is 4.04. The van der Waals surface area contributed by atoms with Crippen molar-refractivity contribution < 1.29 is 32.2 Å². The van der Waals surface area contributed by atoms with Crippen LogP contribution in [-0.2, 0) is 20.5 Å². The van der Waals surface area contributed by atoms with Crippen molar-refractivity contribution in [1.29, 1.82) is 0 Å². The SMILES string of the molecule is C[C@H](OC(=O)[C@@H](C)Oc1ccccc1)C(=O)Nc1ccc(C(F)(F)F)cc1. The molecule has 0 aliphatic carbocycles. The molecule has 2 atom stereocenters. The molecule has 0 saturated heterocycles. The molecule has 8 heteroatoms. The van der Waals surface area contributed by atoms with E-state index in [1.165, 1.54) is 13.8 Å². The monoisotopic (exact) mass is 381 g/mol. The van der Waals surface area contributed by atoms with Gasteiger partial charge in [0.15, 0.2) is 12.2 Å². The number of halogens is 3. The quantitative estimate of drug-likeness (QED) is 0.767. The summed E-state index contributed by atoms with van der Waals surface area (Å²) in [4.78, 5) is 24.1. The van der Waals surface area contributed by atoms with E-state index in [2.05, 4.69) is 5.32 Å². The van der Waals surface area contributed by atoms with Crippen molar-refractivity contribution in [2.75, 3.05) is 5.32 Å². The zero-order chi connectivity index (χ0) is 20.0. The number of carbonyl (C=O) groups is 2. The van der Waals surface area contributed by atoms with Crippen molar-refractivity contribution in [3.63, 3.8) is 0 Å². The lowest BCUT2D eigenvalue weighted by Gasteiger charge is -2.18. The lowest BCUT2D eigenvalue weighted by molar-refractivity contribution is -0.159. The lowest BCUT2D eigenvalue weighted by atomic mass is 10.2. The first-order chi connectivity index (χ1) is 12.7. The average Bonchev–Trinajstić information content (AvgIpc) is 2.62. The third-order valence-corrected chi connectivity index (χ3v) is 3.53. The highest BCUT2D eigenvalue weighted by atomic mass is 19.4. The van der Waals surface area contributed by atoms with Crippen molar-refractivity contribution in [1.82, 2.24) is 0 Å². The minimum absolute atomic E-state index is 0.157. The Kier molecular flexibility index (Phi) is 6.44. The van der Waals surface area contributed by atoms with Gasteiger partial charge in [-0.05, 0) is 50.2 Å². The third kappa shape index (κ3) is 6.02. The van der Waals surface area contributed by atoms with Crippen molar-refractivity contribution in [2.24, 2.45) is 0 Å². The second kappa shape index (κ2) is 8.57. The van der Waals surface area contributed by atoms with Gasteiger partial charge in [-0.1, -0.05) is 18.2 Å². The van der Waals surface area contributed by atoms with Crippen LogP contribution in [0.3, 0.4) is 0 Å². The number of nitrogens with one attached hydrogen (secondary N) is 1. The maximum atomic E-state index is 12.5. The van der Waals surface area contributed by atoms with E-state index in [0.717, 1.165) is 24.3 Å². The summed E-state index contributed by atoms with van der Waals surface area (Å²) in [5.74, 6) is -0.937. The standard InChI is InChI=1S/C19H18F3NO4/c1-12(27-18(25)13(2)26-16-6-4-3-5-7-16)17(24)23-15-10-8-14(9-11-15)19(20,21)22/h3-13H,1-2H3,(H,23,24)/t12-,13+/m0/s1. The number of benzene rings is 2. The molecule has 2 rings (SSSR count). The molecule has 0 spiro atoms. The first-order valence-corrected chi connectivity index (χ1v) is 8.07. The molecule has 2 aromatic carbocycles. The fourth-order valence-electron chi connectivity index (χ4n) is 2.06. The van der Waals surface area contributed by atoms with Crippen molar-refractivity contribution in [3.05, 3.63) is 60.2 Å². The van der Waals surface area contributed by atoms with Crippen LogP contribution in [0.5, 0.6) is 5.75 Å². The van der Waals surface area contributed by atoms with Gasteiger partial charge < -0.3 is 14.8 Å². The molecule has 0 saturated carbocycles. The van der Waals surface area contributed by atoms with Crippen LogP contribution in [0.15, 0.2) is 54.6 Å². The maximum Gasteiger partial charge on any atom is 0.416 e. The molecule has 5 nitrogen and oxygen atoms in total. The Bertz CT molecular complexity index is 776. The Morgan fingerprint density at radius 2 is 1.52 bits per heavy atom. The molecule has 1 N–H and O–H groups in total. The number of amides is 1. The summed E-state index contributed by atoms with van der Waals surface area (Å²) in [5.41, 5.74) is -0.670. The molecular formula is C19H18F3NO4. The summed E-state index contributed by atoms with van der Waals surface area (Å²) in [7, 11) is 0. The van der Waals surface area contributed by atoms with Crippen molar-refractivity contribution in [2.45, 2.75) is 32.2 Å².